The number of carbonyl (C=O) groups is 1. The van der Waals surface area contributed by atoms with E-state index in [1.54, 1.807) is 19.1 Å². The lowest BCUT2D eigenvalue weighted by Crippen LogP contribution is -2.52. The summed E-state index contributed by atoms with van der Waals surface area (Å²) in [5, 5.41) is 6.45. The summed E-state index contributed by atoms with van der Waals surface area (Å²) in [4.78, 5) is 19.6. The molecule has 11 heteroatoms. The van der Waals surface area contributed by atoms with Crippen LogP contribution in [0.5, 0.6) is 0 Å². The average molecular weight is 502 g/mol. The van der Waals surface area contributed by atoms with Crippen LogP contribution in [0.1, 0.15) is 19.8 Å². The number of anilines is 2. The molecule has 3 heterocycles. The SMILES string of the molecule is CC(=S)NC[C@H]1CN(c2ccc(N3CCN(C(=S)C4CCCN4)CC3)c(F)c2)C(=O)O1.Cl. The minimum Gasteiger partial charge on any atom is -0.442 e. The number of carbonyl (C=O) groups excluding carboxylic acids is 1. The molecule has 2 N–H and O–H groups in total. The van der Waals surface area contributed by atoms with Crippen LogP contribution in [0.25, 0.3) is 0 Å². The summed E-state index contributed by atoms with van der Waals surface area (Å²) in [6.45, 7) is 6.58. The van der Waals surface area contributed by atoms with Gasteiger partial charge in [0, 0.05) is 26.2 Å². The van der Waals surface area contributed by atoms with Gasteiger partial charge in [-0.25, -0.2) is 9.18 Å². The molecule has 0 aromatic heterocycles. The first kappa shape index (κ1) is 24.9. The van der Waals surface area contributed by atoms with Gasteiger partial charge in [0.05, 0.1) is 40.5 Å². The molecule has 1 amide bonds. The van der Waals surface area contributed by atoms with E-state index in [-0.39, 0.29) is 24.3 Å². The minimum absolute atomic E-state index is 0. The zero-order chi connectivity index (χ0) is 22.0. The summed E-state index contributed by atoms with van der Waals surface area (Å²) in [5.41, 5.74) is 1.05. The van der Waals surface area contributed by atoms with E-state index in [4.69, 9.17) is 29.2 Å². The topological polar surface area (TPSA) is 60.1 Å². The number of amides is 1. The molecule has 0 radical (unpaired) electrons. The van der Waals surface area contributed by atoms with E-state index in [9.17, 15) is 9.18 Å². The summed E-state index contributed by atoms with van der Waals surface area (Å²) in [6, 6.07) is 5.23. The molecule has 176 valence electrons. The second-order valence-electron chi connectivity index (χ2n) is 8.15. The molecule has 3 saturated heterocycles. The van der Waals surface area contributed by atoms with Crippen LogP contribution in [0, 0.1) is 5.82 Å². The zero-order valence-corrected chi connectivity index (χ0v) is 20.5. The monoisotopic (exact) mass is 501 g/mol. The summed E-state index contributed by atoms with van der Waals surface area (Å²) < 4.78 is 20.3. The molecule has 0 bridgehead atoms. The van der Waals surface area contributed by atoms with Crippen molar-refractivity contribution >= 4 is 64.3 Å². The molecule has 3 aliphatic heterocycles. The Morgan fingerprint density at radius 1 is 1.28 bits per heavy atom. The van der Waals surface area contributed by atoms with Crippen molar-refractivity contribution in [2.75, 3.05) is 55.6 Å². The summed E-state index contributed by atoms with van der Waals surface area (Å²) in [7, 11) is 0. The van der Waals surface area contributed by atoms with Crippen molar-refractivity contribution < 1.29 is 13.9 Å². The number of piperazine rings is 1. The number of benzene rings is 1. The van der Waals surface area contributed by atoms with Crippen LogP contribution in [-0.2, 0) is 4.74 Å². The van der Waals surface area contributed by atoms with Gasteiger partial charge in [0.15, 0.2) is 0 Å². The Labute approximate surface area is 205 Å². The van der Waals surface area contributed by atoms with Crippen LogP contribution in [0.4, 0.5) is 20.6 Å². The third kappa shape index (κ3) is 5.59. The van der Waals surface area contributed by atoms with E-state index in [1.807, 2.05) is 4.90 Å². The predicted octanol–water partition coefficient (Wildman–Crippen LogP) is 2.71. The molecule has 2 atom stereocenters. The van der Waals surface area contributed by atoms with Crippen molar-refractivity contribution in [3.05, 3.63) is 24.0 Å². The number of nitrogens with zero attached hydrogens (tertiary/aromatic N) is 3. The summed E-state index contributed by atoms with van der Waals surface area (Å²) >= 11 is 10.6. The number of thiocarbonyl (C=S) groups is 2. The second kappa shape index (κ2) is 10.9. The van der Waals surface area contributed by atoms with Crippen molar-refractivity contribution in [3.63, 3.8) is 0 Å². The molecule has 1 aromatic rings. The predicted molar refractivity (Wildman–Crippen MR) is 135 cm³/mol. The molecule has 7 nitrogen and oxygen atoms in total. The molecule has 3 aliphatic rings. The summed E-state index contributed by atoms with van der Waals surface area (Å²) in [5.74, 6) is -0.338. The lowest BCUT2D eigenvalue weighted by molar-refractivity contribution is 0.143. The van der Waals surface area contributed by atoms with Crippen LogP contribution in [-0.4, -0.2) is 78.9 Å². The molecular formula is C21H29ClFN5O2S2. The third-order valence-corrected chi connectivity index (χ3v) is 6.67. The van der Waals surface area contributed by atoms with Gasteiger partial charge in [-0.05, 0) is 44.5 Å². The highest BCUT2D eigenvalue weighted by atomic mass is 35.5. The van der Waals surface area contributed by atoms with Gasteiger partial charge in [-0.2, -0.15) is 0 Å². The van der Waals surface area contributed by atoms with E-state index < -0.39 is 6.09 Å². The van der Waals surface area contributed by atoms with Crippen molar-refractivity contribution in [1.82, 2.24) is 15.5 Å². The molecular weight excluding hydrogens is 473 g/mol. The fourth-order valence-corrected chi connectivity index (χ4v) is 4.77. The highest BCUT2D eigenvalue weighted by Crippen LogP contribution is 2.28. The van der Waals surface area contributed by atoms with Gasteiger partial charge in [0.2, 0.25) is 0 Å². The molecule has 3 fully saturated rings. The van der Waals surface area contributed by atoms with E-state index >= 15 is 0 Å². The molecule has 0 spiro atoms. The van der Waals surface area contributed by atoms with E-state index in [0.717, 1.165) is 37.5 Å². The molecule has 0 aliphatic carbocycles. The Hall–Kier alpha value is -1.75. The number of ether oxygens (including phenoxy) is 1. The number of cyclic esters (lactones) is 1. The van der Waals surface area contributed by atoms with Crippen molar-refractivity contribution in [1.29, 1.82) is 0 Å². The van der Waals surface area contributed by atoms with E-state index in [1.165, 1.54) is 11.0 Å². The normalized spacial score (nSPS) is 23.1. The first-order valence-electron chi connectivity index (χ1n) is 10.7. The Morgan fingerprint density at radius 2 is 2.03 bits per heavy atom. The Bertz CT molecular complexity index is 863. The van der Waals surface area contributed by atoms with E-state index in [2.05, 4.69) is 15.5 Å². The van der Waals surface area contributed by atoms with Crippen molar-refractivity contribution in [2.24, 2.45) is 0 Å². The highest BCUT2D eigenvalue weighted by Gasteiger charge is 2.33. The van der Waals surface area contributed by atoms with Gasteiger partial charge in [0.25, 0.3) is 0 Å². The Kier molecular flexibility index (Phi) is 8.49. The second-order valence-corrected chi connectivity index (χ2v) is 9.18. The fraction of sp³-hybridized carbons (Fsp3) is 0.571. The van der Waals surface area contributed by atoms with Gasteiger partial charge in [-0.15, -0.1) is 12.4 Å². The average Bonchev–Trinajstić information content (AvgIpc) is 3.42. The number of hydrogen-bond acceptors (Lipinski definition) is 6. The Morgan fingerprint density at radius 3 is 2.66 bits per heavy atom. The maximum atomic E-state index is 15.0. The van der Waals surface area contributed by atoms with Crippen LogP contribution < -0.4 is 20.4 Å². The third-order valence-electron chi connectivity index (χ3n) is 5.99. The maximum Gasteiger partial charge on any atom is 0.414 e. The first-order valence-corrected chi connectivity index (χ1v) is 11.5. The quantitative estimate of drug-likeness (QED) is 0.597. The molecule has 32 heavy (non-hydrogen) atoms. The standard InChI is InChI=1S/C21H28FN5O2S2.ClH/c1-14(30)24-12-16-13-27(21(28)29-16)15-4-5-19(17(22)11-15)25-7-9-26(10-8-25)20(31)18-3-2-6-23-18;/h4-5,11,16,18,23H,2-3,6-10,12-13H2,1H3,(H,24,30);1H/t16-,18?;/m0./s1. The zero-order valence-electron chi connectivity index (χ0n) is 18.0. The number of rotatable bonds is 5. The fourth-order valence-electron chi connectivity index (χ4n) is 4.30. The molecule has 1 unspecified atom stereocenters. The van der Waals surface area contributed by atoms with Crippen LogP contribution in [0.2, 0.25) is 0 Å². The lowest BCUT2D eigenvalue weighted by Gasteiger charge is -2.39. The van der Waals surface area contributed by atoms with Gasteiger partial charge < -0.3 is 25.2 Å². The minimum atomic E-state index is -0.469. The van der Waals surface area contributed by atoms with Gasteiger partial charge in [-0.3, -0.25) is 4.90 Å². The van der Waals surface area contributed by atoms with Crippen molar-refractivity contribution in [3.8, 4) is 0 Å². The number of halogens is 2. The lowest BCUT2D eigenvalue weighted by atomic mass is 10.1. The Balaban J connectivity index is 0.00000289. The largest absolute Gasteiger partial charge is 0.442 e. The van der Waals surface area contributed by atoms with E-state index in [0.29, 0.717) is 48.6 Å². The first-order chi connectivity index (χ1) is 14.9. The van der Waals surface area contributed by atoms with Gasteiger partial charge >= 0.3 is 6.09 Å². The van der Waals surface area contributed by atoms with Gasteiger partial charge in [0.1, 0.15) is 11.9 Å². The molecule has 4 rings (SSSR count). The number of nitrogens with one attached hydrogen (secondary N) is 2. The summed E-state index contributed by atoms with van der Waals surface area (Å²) in [6.07, 6.45) is 1.47. The maximum absolute atomic E-state index is 15.0. The highest BCUT2D eigenvalue weighted by molar-refractivity contribution is 7.80. The van der Waals surface area contributed by atoms with Gasteiger partial charge in [-0.1, -0.05) is 24.4 Å². The van der Waals surface area contributed by atoms with Crippen LogP contribution >= 0.6 is 36.8 Å². The van der Waals surface area contributed by atoms with Crippen molar-refractivity contribution in [2.45, 2.75) is 31.9 Å². The molecule has 1 aromatic carbocycles. The van der Waals surface area contributed by atoms with Crippen LogP contribution in [0.15, 0.2) is 18.2 Å². The molecule has 0 saturated carbocycles. The number of hydrogen-bond donors (Lipinski definition) is 2. The van der Waals surface area contributed by atoms with Crippen LogP contribution in [0.3, 0.4) is 0 Å². The smallest absolute Gasteiger partial charge is 0.414 e.